The van der Waals surface area contributed by atoms with Crippen LogP contribution in [0.4, 0.5) is 0 Å². The molecule has 2 N–H and O–H groups in total. The van der Waals surface area contributed by atoms with Gasteiger partial charge < -0.3 is 5.73 Å². The molecule has 0 aliphatic rings. The zero-order valence-corrected chi connectivity index (χ0v) is 7.29. The smallest absolute Gasteiger partial charge is 0.178 e. The topological polar surface area (TPSA) is 56.0 Å². The molecule has 1 heterocycles. The number of pyridine rings is 1. The highest BCUT2D eigenvalue weighted by atomic mass is 16.1. The molecule has 0 saturated heterocycles. The first-order valence-electron chi connectivity index (χ1n) is 3.82. The van der Waals surface area contributed by atoms with Crippen LogP contribution in [-0.4, -0.2) is 10.8 Å². The molecular weight excluding hydrogens is 152 g/mol. The molecule has 0 atom stereocenters. The zero-order chi connectivity index (χ0) is 9.14. The third-order valence-corrected chi connectivity index (χ3v) is 1.78. The van der Waals surface area contributed by atoms with Crippen LogP contribution < -0.4 is 5.73 Å². The molecule has 64 valence electrons. The minimum Gasteiger partial charge on any atom is -0.326 e. The maximum absolute atomic E-state index is 10.9. The van der Waals surface area contributed by atoms with Crippen LogP contribution in [0.3, 0.4) is 0 Å². The molecule has 1 rings (SSSR count). The molecule has 0 amide bonds. The Bertz CT molecular complexity index is 307. The van der Waals surface area contributed by atoms with Crippen molar-refractivity contribution >= 4 is 5.78 Å². The molecule has 3 heteroatoms. The fourth-order valence-electron chi connectivity index (χ4n) is 1.00. The first-order chi connectivity index (χ1) is 5.65. The van der Waals surface area contributed by atoms with E-state index < -0.39 is 0 Å². The monoisotopic (exact) mass is 164 g/mol. The number of aromatic nitrogens is 1. The van der Waals surface area contributed by atoms with E-state index in [2.05, 4.69) is 4.98 Å². The predicted molar refractivity (Wildman–Crippen MR) is 46.9 cm³/mol. The van der Waals surface area contributed by atoms with E-state index in [1.54, 1.807) is 6.07 Å². The van der Waals surface area contributed by atoms with Gasteiger partial charge in [0.05, 0.1) is 0 Å². The average Bonchev–Trinajstić information content (AvgIpc) is 2.04. The summed E-state index contributed by atoms with van der Waals surface area (Å²) in [4.78, 5) is 15.0. The van der Waals surface area contributed by atoms with Crippen LogP contribution in [0.5, 0.6) is 0 Å². The number of ketones is 1. The first kappa shape index (κ1) is 8.87. The Hall–Kier alpha value is -1.22. The van der Waals surface area contributed by atoms with Gasteiger partial charge in [-0.15, -0.1) is 0 Å². The fraction of sp³-hybridized carbons (Fsp3) is 0.333. The van der Waals surface area contributed by atoms with Crippen molar-refractivity contribution in [1.82, 2.24) is 4.98 Å². The minimum absolute atomic E-state index is 0.0123. The van der Waals surface area contributed by atoms with Crippen molar-refractivity contribution in [1.29, 1.82) is 0 Å². The maximum atomic E-state index is 10.9. The molecule has 0 aliphatic carbocycles. The number of nitrogens with two attached hydrogens (primary N) is 1. The van der Waals surface area contributed by atoms with Gasteiger partial charge in [-0.05, 0) is 18.6 Å². The van der Waals surface area contributed by atoms with Crippen molar-refractivity contribution in [2.75, 3.05) is 0 Å². The number of rotatable bonds is 2. The van der Waals surface area contributed by atoms with Crippen molar-refractivity contribution in [2.24, 2.45) is 5.73 Å². The molecule has 12 heavy (non-hydrogen) atoms. The Morgan fingerprint density at radius 1 is 1.58 bits per heavy atom. The molecule has 0 radical (unpaired) electrons. The van der Waals surface area contributed by atoms with Crippen LogP contribution >= 0.6 is 0 Å². The number of Topliss-reactive ketones (excluding diaryl/α,β-unsaturated/α-hetero) is 1. The summed E-state index contributed by atoms with van der Waals surface area (Å²) in [5, 5.41) is 0. The summed E-state index contributed by atoms with van der Waals surface area (Å²) >= 11 is 0. The molecule has 0 spiro atoms. The van der Waals surface area contributed by atoms with Gasteiger partial charge in [-0.2, -0.15) is 0 Å². The summed E-state index contributed by atoms with van der Waals surface area (Å²) in [5.41, 5.74) is 7.78. The third-order valence-electron chi connectivity index (χ3n) is 1.78. The number of hydrogen-bond acceptors (Lipinski definition) is 3. The molecule has 0 saturated carbocycles. The summed E-state index contributed by atoms with van der Waals surface area (Å²) < 4.78 is 0. The Labute approximate surface area is 71.6 Å². The maximum Gasteiger partial charge on any atom is 0.178 e. The molecule has 0 bridgehead atoms. The quantitative estimate of drug-likeness (QED) is 0.665. The zero-order valence-electron chi connectivity index (χ0n) is 7.29. The summed E-state index contributed by atoms with van der Waals surface area (Å²) in [7, 11) is 0. The van der Waals surface area contributed by atoms with E-state index in [-0.39, 0.29) is 5.78 Å². The highest BCUT2D eigenvalue weighted by Gasteiger charge is 2.03. The van der Waals surface area contributed by atoms with Crippen LogP contribution in [0.25, 0.3) is 0 Å². The number of carbonyl (C=O) groups excluding carboxylic acids is 1. The van der Waals surface area contributed by atoms with Crippen molar-refractivity contribution < 1.29 is 4.79 Å². The van der Waals surface area contributed by atoms with Gasteiger partial charge >= 0.3 is 0 Å². The van der Waals surface area contributed by atoms with Crippen molar-refractivity contribution in [2.45, 2.75) is 20.4 Å². The molecule has 0 aliphatic heterocycles. The fourth-order valence-corrected chi connectivity index (χ4v) is 1.00. The first-order valence-corrected chi connectivity index (χ1v) is 3.82. The number of hydrogen-bond donors (Lipinski definition) is 1. The minimum atomic E-state index is -0.0123. The van der Waals surface area contributed by atoms with E-state index >= 15 is 0 Å². The highest BCUT2D eigenvalue weighted by molar-refractivity contribution is 5.92. The lowest BCUT2D eigenvalue weighted by molar-refractivity contribution is 0.101. The van der Waals surface area contributed by atoms with Crippen molar-refractivity contribution in [3.63, 3.8) is 0 Å². The average molecular weight is 164 g/mol. The second-order valence-electron chi connectivity index (χ2n) is 2.70. The molecule has 0 unspecified atom stereocenters. The normalized spacial score (nSPS) is 9.92. The largest absolute Gasteiger partial charge is 0.326 e. The molecular formula is C9H12N2O. The van der Waals surface area contributed by atoms with Gasteiger partial charge in [-0.1, -0.05) is 6.07 Å². The van der Waals surface area contributed by atoms with Crippen LogP contribution in [-0.2, 0) is 6.54 Å². The molecule has 1 aromatic heterocycles. The van der Waals surface area contributed by atoms with Crippen LogP contribution in [0.2, 0.25) is 0 Å². The van der Waals surface area contributed by atoms with E-state index in [9.17, 15) is 4.79 Å². The van der Waals surface area contributed by atoms with E-state index in [4.69, 9.17) is 5.73 Å². The van der Waals surface area contributed by atoms with Crippen LogP contribution in [0.15, 0.2) is 12.1 Å². The lowest BCUT2D eigenvalue weighted by Crippen LogP contribution is -2.04. The lowest BCUT2D eigenvalue weighted by Gasteiger charge is -2.02. The van der Waals surface area contributed by atoms with Gasteiger partial charge in [-0.3, -0.25) is 4.79 Å². The molecule has 0 aromatic carbocycles. The van der Waals surface area contributed by atoms with Crippen LogP contribution in [0.1, 0.15) is 28.7 Å². The highest BCUT2D eigenvalue weighted by Crippen LogP contribution is 2.05. The van der Waals surface area contributed by atoms with E-state index in [0.717, 1.165) is 11.3 Å². The Morgan fingerprint density at radius 2 is 2.25 bits per heavy atom. The van der Waals surface area contributed by atoms with E-state index in [1.165, 1.54) is 6.92 Å². The Kier molecular flexibility index (Phi) is 2.55. The van der Waals surface area contributed by atoms with Gasteiger partial charge in [0.25, 0.3) is 0 Å². The van der Waals surface area contributed by atoms with Gasteiger partial charge in [0, 0.05) is 19.2 Å². The third kappa shape index (κ3) is 1.68. The summed E-state index contributed by atoms with van der Waals surface area (Å²) in [6, 6.07) is 3.55. The lowest BCUT2D eigenvalue weighted by atomic mass is 10.1. The molecule has 0 fully saturated rings. The predicted octanol–water partition coefficient (Wildman–Crippen LogP) is 1.05. The SMILES string of the molecule is CC(=O)c1ccc(CN)c(C)n1. The van der Waals surface area contributed by atoms with Gasteiger partial charge in [0.15, 0.2) is 5.78 Å². The second kappa shape index (κ2) is 3.45. The second-order valence-corrected chi connectivity index (χ2v) is 2.70. The van der Waals surface area contributed by atoms with Crippen molar-refractivity contribution in [3.05, 3.63) is 29.1 Å². The van der Waals surface area contributed by atoms with Crippen molar-refractivity contribution in [3.8, 4) is 0 Å². The van der Waals surface area contributed by atoms with Gasteiger partial charge in [-0.25, -0.2) is 4.98 Å². The van der Waals surface area contributed by atoms with Crippen LogP contribution in [0, 0.1) is 6.92 Å². The number of aryl methyl sites for hydroxylation is 1. The summed E-state index contributed by atoms with van der Waals surface area (Å²) in [6.07, 6.45) is 0. The van der Waals surface area contributed by atoms with Gasteiger partial charge in [0.1, 0.15) is 5.69 Å². The summed E-state index contributed by atoms with van der Waals surface area (Å²) in [6.45, 7) is 3.83. The summed E-state index contributed by atoms with van der Waals surface area (Å²) in [5.74, 6) is -0.0123. The standard InChI is InChI=1S/C9H12N2O/c1-6-8(5-10)3-4-9(11-6)7(2)12/h3-4H,5,10H2,1-2H3. The Morgan fingerprint density at radius 3 is 2.67 bits per heavy atom. The molecule has 1 aromatic rings. The Balaban J connectivity index is 3.10. The number of carbonyl (C=O) groups is 1. The molecule has 3 nitrogen and oxygen atoms in total. The van der Waals surface area contributed by atoms with Gasteiger partial charge in [0.2, 0.25) is 0 Å². The van der Waals surface area contributed by atoms with E-state index in [1.807, 2.05) is 13.0 Å². The van der Waals surface area contributed by atoms with E-state index in [0.29, 0.717) is 12.2 Å². The number of nitrogens with zero attached hydrogens (tertiary/aromatic N) is 1.